The monoisotopic (exact) mass is 550 g/mol. The highest BCUT2D eigenvalue weighted by Gasteiger charge is 2.24. The van der Waals surface area contributed by atoms with Gasteiger partial charge in [-0.05, 0) is 75.6 Å². The molecule has 4 heterocycles. The molecule has 0 aliphatic carbocycles. The van der Waals surface area contributed by atoms with Crippen molar-refractivity contribution in [1.82, 2.24) is 24.6 Å². The van der Waals surface area contributed by atoms with E-state index in [0.29, 0.717) is 19.5 Å². The minimum absolute atomic E-state index is 0.275. The Kier molecular flexibility index (Phi) is 7.37. The zero-order valence-corrected chi connectivity index (χ0v) is 23.5. The van der Waals surface area contributed by atoms with E-state index in [1.54, 1.807) is 38.0 Å². The van der Waals surface area contributed by atoms with Crippen LogP contribution in [0.3, 0.4) is 0 Å². The second-order valence-electron chi connectivity index (χ2n) is 10.2. The molecule has 0 saturated heterocycles. The van der Waals surface area contributed by atoms with Crippen LogP contribution >= 0.6 is 11.3 Å². The Morgan fingerprint density at radius 2 is 1.90 bits per heavy atom. The van der Waals surface area contributed by atoms with E-state index in [4.69, 9.17) is 24.6 Å². The number of hydrogen-bond acceptors (Lipinski definition) is 9. The Labute approximate surface area is 230 Å². The van der Waals surface area contributed by atoms with Gasteiger partial charge in [-0.2, -0.15) is 9.61 Å². The summed E-state index contributed by atoms with van der Waals surface area (Å²) in [6, 6.07) is 10.3. The lowest BCUT2D eigenvalue weighted by Crippen LogP contribution is -2.34. The average molecular weight is 551 g/mol. The number of nitrogens with zero attached hydrogens (tertiary/aromatic N) is 6. The molecule has 11 heteroatoms. The summed E-state index contributed by atoms with van der Waals surface area (Å²) in [6.45, 7) is 8.44. The molecule has 0 unspecified atom stereocenters. The van der Waals surface area contributed by atoms with E-state index >= 15 is 0 Å². The molecule has 0 fully saturated rings. The van der Waals surface area contributed by atoms with Crippen LogP contribution in [0.1, 0.15) is 45.5 Å². The minimum atomic E-state index is -0.707. The minimum Gasteiger partial charge on any atom is -0.427 e. The van der Waals surface area contributed by atoms with Gasteiger partial charge in [0.15, 0.2) is 16.6 Å². The number of halogens is 1. The molecular formula is C28H31FN6O3S. The zero-order chi connectivity index (χ0) is 27.7. The summed E-state index contributed by atoms with van der Waals surface area (Å²) >= 11 is 1.51. The van der Waals surface area contributed by atoms with E-state index in [-0.39, 0.29) is 5.82 Å². The molecule has 204 valence electrons. The number of imidazole rings is 1. The largest absolute Gasteiger partial charge is 0.528 e. The second-order valence-corrected chi connectivity index (χ2v) is 11.1. The van der Waals surface area contributed by atoms with Crippen molar-refractivity contribution in [3.8, 4) is 11.3 Å². The Morgan fingerprint density at radius 1 is 1.13 bits per heavy atom. The normalized spacial score (nSPS) is 14.4. The van der Waals surface area contributed by atoms with Crippen LogP contribution in [-0.4, -0.2) is 56.5 Å². The van der Waals surface area contributed by atoms with Gasteiger partial charge in [0, 0.05) is 24.5 Å². The maximum atomic E-state index is 13.4. The van der Waals surface area contributed by atoms with Gasteiger partial charge in [0.05, 0.1) is 23.6 Å². The first-order chi connectivity index (χ1) is 18.6. The lowest BCUT2D eigenvalue weighted by molar-refractivity contribution is -0.137. The number of fused-ring (bicyclic) bond motifs is 1. The van der Waals surface area contributed by atoms with Gasteiger partial charge in [-0.15, -0.1) is 16.4 Å². The van der Waals surface area contributed by atoms with Crippen LogP contribution in [0.25, 0.3) is 22.5 Å². The molecule has 0 spiro atoms. The lowest BCUT2D eigenvalue weighted by Gasteiger charge is -2.26. The predicted molar refractivity (Wildman–Crippen MR) is 149 cm³/mol. The molecule has 1 aliphatic heterocycles. The fourth-order valence-electron chi connectivity index (χ4n) is 4.31. The summed E-state index contributed by atoms with van der Waals surface area (Å²) in [7, 11) is 1.95. The van der Waals surface area contributed by atoms with Crippen LogP contribution in [-0.2, 0) is 16.0 Å². The first kappa shape index (κ1) is 26.8. The molecule has 39 heavy (non-hydrogen) atoms. The maximum absolute atomic E-state index is 13.4. The van der Waals surface area contributed by atoms with Gasteiger partial charge in [-0.25, -0.2) is 19.2 Å². The molecule has 4 aromatic rings. The van der Waals surface area contributed by atoms with Crippen molar-refractivity contribution in [1.29, 1.82) is 0 Å². The van der Waals surface area contributed by atoms with Crippen LogP contribution in [0.4, 0.5) is 20.1 Å². The number of hydrogen-bond donors (Lipinski definition) is 0. The molecule has 0 amide bonds. The number of hydroxylamine groups is 2. The zero-order valence-electron chi connectivity index (χ0n) is 22.6. The standard InChI is InChI=1S/C28H31FN6O3S/c1-6-21-25(33(5)26-31-23(17-39-26)18-7-9-20(29)10-8-18)35-24(30-21)12-11-22(32-35)19-13-15-34(16-14-19)38-27(36)37-28(2,3)4/h7-13,17H,6,14-16H2,1-5H3. The van der Waals surface area contributed by atoms with Crippen LogP contribution in [0.2, 0.25) is 0 Å². The second kappa shape index (κ2) is 10.7. The highest BCUT2D eigenvalue weighted by Crippen LogP contribution is 2.34. The Balaban J connectivity index is 1.39. The number of benzene rings is 1. The summed E-state index contributed by atoms with van der Waals surface area (Å²) in [5, 5.41) is 9.28. The number of rotatable bonds is 6. The molecule has 0 bridgehead atoms. The fraction of sp³-hybridized carbons (Fsp3) is 0.357. The number of aryl methyl sites for hydroxylation is 1. The molecule has 0 atom stereocenters. The van der Waals surface area contributed by atoms with E-state index < -0.39 is 11.8 Å². The van der Waals surface area contributed by atoms with E-state index in [2.05, 4.69) is 6.92 Å². The number of carbonyl (C=O) groups is 1. The third-order valence-electron chi connectivity index (χ3n) is 6.19. The summed E-state index contributed by atoms with van der Waals surface area (Å²) in [6.07, 6.45) is 2.70. The molecule has 0 saturated carbocycles. The number of aromatic nitrogens is 4. The molecular weight excluding hydrogens is 519 g/mol. The SMILES string of the molecule is CCc1nc2ccc(C3=CCN(OC(=O)OC(C)(C)C)CC3)nn2c1N(C)c1nc(-c2ccc(F)cc2)cs1. The Bertz CT molecular complexity index is 1520. The first-order valence-electron chi connectivity index (χ1n) is 12.8. The van der Waals surface area contributed by atoms with Crippen LogP contribution in [0.15, 0.2) is 47.9 Å². The molecule has 1 aromatic carbocycles. The molecule has 0 radical (unpaired) electrons. The van der Waals surface area contributed by atoms with Crippen molar-refractivity contribution < 1.29 is 18.8 Å². The number of ether oxygens (including phenoxy) is 1. The third-order valence-corrected chi connectivity index (χ3v) is 7.11. The van der Waals surface area contributed by atoms with Gasteiger partial charge in [0.1, 0.15) is 11.4 Å². The Morgan fingerprint density at radius 3 is 2.56 bits per heavy atom. The molecule has 1 aliphatic rings. The summed E-state index contributed by atoms with van der Waals surface area (Å²) in [5.41, 5.74) is 4.59. The highest BCUT2D eigenvalue weighted by atomic mass is 32.1. The molecule has 5 rings (SSSR count). The summed E-state index contributed by atoms with van der Waals surface area (Å²) in [4.78, 5) is 29.0. The van der Waals surface area contributed by atoms with Crippen molar-refractivity contribution in [3.05, 3.63) is 65.1 Å². The van der Waals surface area contributed by atoms with Gasteiger partial charge < -0.3 is 14.5 Å². The van der Waals surface area contributed by atoms with Gasteiger partial charge >= 0.3 is 6.16 Å². The molecule has 0 N–H and O–H groups in total. The first-order valence-corrected chi connectivity index (χ1v) is 13.7. The van der Waals surface area contributed by atoms with Gasteiger partial charge in [0.2, 0.25) is 0 Å². The predicted octanol–water partition coefficient (Wildman–Crippen LogP) is 6.28. The highest BCUT2D eigenvalue weighted by molar-refractivity contribution is 7.14. The lowest BCUT2D eigenvalue weighted by atomic mass is 10.1. The van der Waals surface area contributed by atoms with Crippen molar-refractivity contribution in [3.63, 3.8) is 0 Å². The number of anilines is 2. The van der Waals surface area contributed by atoms with E-state index in [9.17, 15) is 9.18 Å². The van der Waals surface area contributed by atoms with Gasteiger partial charge in [-0.3, -0.25) is 0 Å². The van der Waals surface area contributed by atoms with E-state index in [0.717, 1.165) is 51.2 Å². The van der Waals surface area contributed by atoms with Crippen molar-refractivity contribution >= 4 is 39.7 Å². The quantitative estimate of drug-likeness (QED) is 0.260. The molecule has 9 nitrogen and oxygen atoms in total. The fourth-order valence-corrected chi connectivity index (χ4v) is 5.12. The van der Waals surface area contributed by atoms with Crippen LogP contribution in [0, 0.1) is 5.82 Å². The number of carbonyl (C=O) groups excluding carboxylic acids is 1. The van der Waals surface area contributed by atoms with E-state index in [1.165, 1.54) is 23.5 Å². The third kappa shape index (κ3) is 5.94. The Hall–Kier alpha value is -3.83. The van der Waals surface area contributed by atoms with Crippen LogP contribution < -0.4 is 4.90 Å². The molecule has 3 aromatic heterocycles. The summed E-state index contributed by atoms with van der Waals surface area (Å²) in [5.74, 6) is 0.573. The van der Waals surface area contributed by atoms with Gasteiger partial charge in [-0.1, -0.05) is 13.0 Å². The smallest absolute Gasteiger partial charge is 0.427 e. The van der Waals surface area contributed by atoms with Crippen molar-refractivity contribution in [2.75, 3.05) is 25.0 Å². The van der Waals surface area contributed by atoms with Crippen molar-refractivity contribution in [2.45, 2.75) is 46.1 Å². The van der Waals surface area contributed by atoms with E-state index in [1.807, 2.05) is 40.1 Å². The van der Waals surface area contributed by atoms with Gasteiger partial charge in [0.25, 0.3) is 0 Å². The summed E-state index contributed by atoms with van der Waals surface area (Å²) < 4.78 is 20.5. The maximum Gasteiger partial charge on any atom is 0.528 e. The average Bonchev–Trinajstić information content (AvgIpc) is 3.53. The topological polar surface area (TPSA) is 85.1 Å². The number of thiazole rings is 1. The van der Waals surface area contributed by atoms with Crippen molar-refractivity contribution in [2.24, 2.45) is 0 Å². The van der Waals surface area contributed by atoms with Crippen LogP contribution in [0.5, 0.6) is 0 Å².